The Labute approximate surface area is 150 Å². The van der Waals surface area contributed by atoms with Gasteiger partial charge >= 0.3 is 0 Å². The maximum Gasteiger partial charge on any atom is 0.127 e. The Morgan fingerprint density at radius 1 is 0.920 bits per heavy atom. The van der Waals surface area contributed by atoms with E-state index in [1.54, 1.807) is 6.07 Å². The SMILES string of the molecule is C=CCc1ccc(O)c(-c2cc(CC=C)ccc2OCC=CCC)c1. The topological polar surface area (TPSA) is 29.5 Å². The van der Waals surface area contributed by atoms with Crippen LogP contribution in [-0.4, -0.2) is 11.7 Å². The molecule has 2 aromatic rings. The number of phenols is 1. The molecule has 2 heteroatoms. The largest absolute Gasteiger partial charge is 0.507 e. The monoisotopic (exact) mass is 334 g/mol. The molecule has 0 saturated heterocycles. The second-order valence-corrected chi connectivity index (χ2v) is 5.86. The lowest BCUT2D eigenvalue weighted by Crippen LogP contribution is -1.97. The minimum absolute atomic E-state index is 0.248. The second-order valence-electron chi connectivity index (χ2n) is 5.86. The molecule has 0 aliphatic heterocycles. The second kappa shape index (κ2) is 9.53. The molecule has 0 aliphatic rings. The van der Waals surface area contributed by atoms with Crippen molar-refractivity contribution in [3.8, 4) is 22.6 Å². The summed E-state index contributed by atoms with van der Waals surface area (Å²) in [6.07, 6.45) is 10.3. The van der Waals surface area contributed by atoms with E-state index >= 15 is 0 Å². The van der Waals surface area contributed by atoms with Crippen LogP contribution < -0.4 is 4.74 Å². The first-order valence-electron chi connectivity index (χ1n) is 8.64. The van der Waals surface area contributed by atoms with Gasteiger partial charge in [-0.3, -0.25) is 0 Å². The van der Waals surface area contributed by atoms with Gasteiger partial charge in [-0.1, -0.05) is 43.4 Å². The van der Waals surface area contributed by atoms with Gasteiger partial charge in [0, 0.05) is 11.1 Å². The van der Waals surface area contributed by atoms with Crippen molar-refractivity contribution in [2.45, 2.75) is 26.2 Å². The lowest BCUT2D eigenvalue weighted by Gasteiger charge is -2.14. The predicted molar refractivity (Wildman–Crippen MR) is 106 cm³/mol. The van der Waals surface area contributed by atoms with Gasteiger partial charge in [0.15, 0.2) is 0 Å². The van der Waals surface area contributed by atoms with E-state index in [4.69, 9.17) is 4.74 Å². The van der Waals surface area contributed by atoms with Crippen molar-refractivity contribution in [2.24, 2.45) is 0 Å². The normalized spacial score (nSPS) is 10.8. The van der Waals surface area contributed by atoms with E-state index in [9.17, 15) is 5.11 Å². The zero-order chi connectivity index (χ0) is 18.1. The Kier molecular flexibility index (Phi) is 7.09. The van der Waals surface area contributed by atoms with Crippen molar-refractivity contribution < 1.29 is 9.84 Å². The zero-order valence-electron chi connectivity index (χ0n) is 14.9. The van der Waals surface area contributed by atoms with Crippen LogP contribution in [0.5, 0.6) is 11.5 Å². The highest BCUT2D eigenvalue weighted by Gasteiger charge is 2.12. The van der Waals surface area contributed by atoms with Crippen LogP contribution in [0.1, 0.15) is 24.5 Å². The molecule has 0 aliphatic carbocycles. The fourth-order valence-electron chi connectivity index (χ4n) is 2.67. The fourth-order valence-corrected chi connectivity index (χ4v) is 2.67. The Hall–Kier alpha value is -2.74. The molecule has 0 fully saturated rings. The van der Waals surface area contributed by atoms with E-state index in [1.165, 1.54) is 0 Å². The van der Waals surface area contributed by atoms with Crippen molar-refractivity contribution in [2.75, 3.05) is 6.61 Å². The van der Waals surface area contributed by atoms with E-state index < -0.39 is 0 Å². The average molecular weight is 334 g/mol. The van der Waals surface area contributed by atoms with Crippen LogP contribution in [0.4, 0.5) is 0 Å². The molecule has 1 N–H and O–H groups in total. The highest BCUT2D eigenvalue weighted by molar-refractivity contribution is 5.77. The van der Waals surface area contributed by atoms with Gasteiger partial charge in [-0.2, -0.15) is 0 Å². The first-order chi connectivity index (χ1) is 12.2. The number of phenolic OH excluding ortho intramolecular Hbond substituents is 1. The molecule has 0 unspecified atom stereocenters. The first-order valence-corrected chi connectivity index (χ1v) is 8.64. The van der Waals surface area contributed by atoms with Crippen molar-refractivity contribution in [1.29, 1.82) is 0 Å². The molecule has 2 aromatic carbocycles. The summed E-state index contributed by atoms with van der Waals surface area (Å²) in [7, 11) is 0. The van der Waals surface area contributed by atoms with E-state index in [0.29, 0.717) is 6.61 Å². The molecule has 2 nitrogen and oxygen atoms in total. The van der Waals surface area contributed by atoms with Gasteiger partial charge in [-0.05, 0) is 54.7 Å². The smallest absolute Gasteiger partial charge is 0.127 e. The fraction of sp³-hybridized carbons (Fsp3) is 0.217. The van der Waals surface area contributed by atoms with Crippen LogP contribution in [0.3, 0.4) is 0 Å². The highest BCUT2D eigenvalue weighted by atomic mass is 16.5. The number of benzene rings is 2. The first kappa shape index (κ1) is 18.6. The highest BCUT2D eigenvalue weighted by Crippen LogP contribution is 2.37. The Bertz CT molecular complexity index is 757. The summed E-state index contributed by atoms with van der Waals surface area (Å²) in [5, 5.41) is 10.4. The van der Waals surface area contributed by atoms with Crippen LogP contribution in [0.2, 0.25) is 0 Å². The third-order valence-corrected chi connectivity index (χ3v) is 3.89. The van der Waals surface area contributed by atoms with Crippen LogP contribution in [0, 0.1) is 0 Å². The van der Waals surface area contributed by atoms with Gasteiger partial charge < -0.3 is 9.84 Å². The Morgan fingerprint density at radius 2 is 1.56 bits per heavy atom. The van der Waals surface area contributed by atoms with E-state index in [1.807, 2.05) is 42.5 Å². The molecule has 0 atom stereocenters. The quantitative estimate of drug-likeness (QED) is 0.582. The summed E-state index contributed by atoms with van der Waals surface area (Å²) < 4.78 is 5.94. The minimum Gasteiger partial charge on any atom is -0.507 e. The van der Waals surface area contributed by atoms with E-state index in [-0.39, 0.29) is 5.75 Å². The van der Waals surface area contributed by atoms with E-state index in [2.05, 4.69) is 32.2 Å². The Balaban J connectivity index is 2.46. The molecule has 2 rings (SSSR count). The lowest BCUT2D eigenvalue weighted by atomic mass is 9.97. The lowest BCUT2D eigenvalue weighted by molar-refractivity contribution is 0.363. The number of ether oxygens (including phenoxy) is 1. The van der Waals surface area contributed by atoms with Crippen LogP contribution in [0.15, 0.2) is 73.9 Å². The number of hydrogen-bond acceptors (Lipinski definition) is 2. The summed E-state index contributed by atoms with van der Waals surface area (Å²) in [6, 6.07) is 11.7. The maximum absolute atomic E-state index is 10.4. The van der Waals surface area contributed by atoms with Gasteiger partial charge in [-0.15, -0.1) is 13.2 Å². The number of rotatable bonds is 9. The maximum atomic E-state index is 10.4. The van der Waals surface area contributed by atoms with Crippen LogP contribution in [0.25, 0.3) is 11.1 Å². The summed E-state index contributed by atoms with van der Waals surface area (Å²) in [5.41, 5.74) is 3.91. The third kappa shape index (κ3) is 5.12. The molecule has 0 saturated carbocycles. The van der Waals surface area contributed by atoms with Crippen molar-refractivity contribution in [3.05, 3.63) is 85.0 Å². The zero-order valence-corrected chi connectivity index (χ0v) is 14.9. The van der Waals surface area contributed by atoms with Gasteiger partial charge in [0.25, 0.3) is 0 Å². The molecule has 0 amide bonds. The molecule has 0 aromatic heterocycles. The minimum atomic E-state index is 0.248. The molecule has 25 heavy (non-hydrogen) atoms. The third-order valence-electron chi connectivity index (χ3n) is 3.89. The van der Waals surface area contributed by atoms with Gasteiger partial charge in [-0.25, -0.2) is 0 Å². The molecular weight excluding hydrogens is 308 g/mol. The molecular formula is C23H26O2. The van der Waals surface area contributed by atoms with Crippen molar-refractivity contribution in [1.82, 2.24) is 0 Å². The van der Waals surface area contributed by atoms with Crippen LogP contribution >= 0.6 is 0 Å². The predicted octanol–water partition coefficient (Wildman–Crippen LogP) is 5.86. The average Bonchev–Trinajstić information content (AvgIpc) is 2.62. The molecule has 0 radical (unpaired) electrons. The van der Waals surface area contributed by atoms with Gasteiger partial charge in [0.1, 0.15) is 18.1 Å². The van der Waals surface area contributed by atoms with E-state index in [0.717, 1.165) is 47.3 Å². The molecule has 0 heterocycles. The summed E-state index contributed by atoms with van der Waals surface area (Å²) in [6.45, 7) is 10.2. The Morgan fingerprint density at radius 3 is 2.20 bits per heavy atom. The number of allylic oxidation sites excluding steroid dienone is 3. The van der Waals surface area contributed by atoms with Crippen molar-refractivity contribution in [3.63, 3.8) is 0 Å². The summed E-state index contributed by atoms with van der Waals surface area (Å²) in [4.78, 5) is 0. The molecule has 0 bridgehead atoms. The summed E-state index contributed by atoms with van der Waals surface area (Å²) >= 11 is 0. The molecule has 130 valence electrons. The molecule has 0 spiro atoms. The number of aromatic hydroxyl groups is 1. The van der Waals surface area contributed by atoms with Gasteiger partial charge in [0.05, 0.1) is 0 Å². The summed E-state index contributed by atoms with van der Waals surface area (Å²) in [5.74, 6) is 1.01. The standard InChI is InChI=1S/C23H26O2/c1-4-7-8-15-25-23-14-12-19(10-6-3)17-21(23)20-16-18(9-5-2)11-13-22(20)24/h5-8,11-14,16-17,24H,2-4,9-10,15H2,1H3. The number of hydrogen-bond donors (Lipinski definition) is 1. The van der Waals surface area contributed by atoms with Crippen molar-refractivity contribution >= 4 is 0 Å². The van der Waals surface area contributed by atoms with Gasteiger partial charge in [0.2, 0.25) is 0 Å². The van der Waals surface area contributed by atoms with Crippen LogP contribution in [-0.2, 0) is 12.8 Å².